The van der Waals surface area contributed by atoms with Crippen LogP contribution in [-0.4, -0.2) is 17.0 Å². The second-order valence-electron chi connectivity index (χ2n) is 5.04. The van der Waals surface area contributed by atoms with E-state index in [9.17, 15) is 4.79 Å². The zero-order valence-corrected chi connectivity index (χ0v) is 13.5. The lowest BCUT2D eigenvalue weighted by Gasteiger charge is -2.34. The molecule has 0 bridgehead atoms. The van der Waals surface area contributed by atoms with E-state index in [1.54, 1.807) is 11.3 Å². The number of nitrogens with two attached hydrogens (primary N) is 1. The molecule has 0 spiro atoms. The van der Waals surface area contributed by atoms with Gasteiger partial charge in [-0.25, -0.2) is 0 Å². The molecule has 0 atom stereocenters. The van der Waals surface area contributed by atoms with E-state index in [0.717, 1.165) is 28.6 Å². The van der Waals surface area contributed by atoms with Crippen LogP contribution >= 0.6 is 27.3 Å². The largest absolute Gasteiger partial charge is 0.409 e. The van der Waals surface area contributed by atoms with Crippen LogP contribution in [0.15, 0.2) is 21.1 Å². The Hall–Kier alpha value is -1.08. The first kappa shape index (κ1) is 15.3. The molecule has 1 fully saturated rings. The molecule has 1 aliphatic carbocycles. The van der Waals surface area contributed by atoms with E-state index in [1.165, 1.54) is 0 Å². The highest BCUT2D eigenvalue weighted by molar-refractivity contribution is 9.10. The van der Waals surface area contributed by atoms with Crippen LogP contribution in [-0.2, 0) is 11.3 Å². The maximum absolute atomic E-state index is 12.5. The van der Waals surface area contributed by atoms with Gasteiger partial charge in [0.1, 0.15) is 5.41 Å². The third-order valence-electron chi connectivity index (χ3n) is 3.78. The highest BCUT2D eigenvalue weighted by atomic mass is 79.9. The van der Waals surface area contributed by atoms with Gasteiger partial charge in [0.15, 0.2) is 5.84 Å². The van der Waals surface area contributed by atoms with Gasteiger partial charge in [0.25, 0.3) is 0 Å². The Kier molecular flexibility index (Phi) is 5.04. The number of thiophene rings is 1. The Morgan fingerprint density at radius 3 is 2.75 bits per heavy atom. The molecule has 1 aromatic rings. The number of nitrogens with zero attached hydrogens (tertiary/aromatic N) is 1. The summed E-state index contributed by atoms with van der Waals surface area (Å²) in [6, 6.07) is 1.97. The number of amides is 1. The molecule has 1 heterocycles. The Balaban J connectivity index is 2.07. The molecule has 4 N–H and O–H groups in total. The van der Waals surface area contributed by atoms with E-state index in [4.69, 9.17) is 10.9 Å². The fourth-order valence-corrected chi connectivity index (χ4v) is 4.02. The number of rotatable bonds is 4. The number of amidine groups is 1. The van der Waals surface area contributed by atoms with Gasteiger partial charge >= 0.3 is 0 Å². The molecule has 1 saturated carbocycles. The second kappa shape index (κ2) is 6.58. The summed E-state index contributed by atoms with van der Waals surface area (Å²) in [5.41, 5.74) is 4.95. The zero-order chi connectivity index (χ0) is 14.6. The van der Waals surface area contributed by atoms with Crippen LogP contribution in [0.1, 0.15) is 37.0 Å². The van der Waals surface area contributed by atoms with Crippen molar-refractivity contribution in [1.29, 1.82) is 0 Å². The van der Waals surface area contributed by atoms with Crippen molar-refractivity contribution in [2.24, 2.45) is 16.3 Å². The molecule has 0 aromatic carbocycles. The average molecular weight is 360 g/mol. The summed E-state index contributed by atoms with van der Waals surface area (Å²) >= 11 is 4.97. The quantitative estimate of drug-likeness (QED) is 0.334. The van der Waals surface area contributed by atoms with Gasteiger partial charge in [-0.3, -0.25) is 4.79 Å². The normalized spacial score (nSPS) is 18.8. The van der Waals surface area contributed by atoms with E-state index >= 15 is 0 Å². The van der Waals surface area contributed by atoms with E-state index < -0.39 is 5.41 Å². The fourth-order valence-electron chi connectivity index (χ4n) is 2.63. The number of hydrogen-bond acceptors (Lipinski definition) is 4. The number of oxime groups is 1. The van der Waals surface area contributed by atoms with Crippen LogP contribution in [0.3, 0.4) is 0 Å². The molecule has 1 amide bonds. The highest BCUT2D eigenvalue weighted by Crippen LogP contribution is 2.37. The number of halogens is 1. The van der Waals surface area contributed by atoms with Crippen molar-refractivity contribution < 1.29 is 10.0 Å². The standard InChI is InChI=1S/C13H18BrN3O2S/c14-9-6-10(20-8-9)7-16-12(18)13(11(15)17-19)4-2-1-3-5-13/h6,8,19H,1-5,7H2,(H2,15,17)(H,16,18). The molecule has 0 saturated heterocycles. The van der Waals surface area contributed by atoms with Crippen LogP contribution in [0.4, 0.5) is 0 Å². The topological polar surface area (TPSA) is 87.7 Å². The van der Waals surface area contributed by atoms with Crippen LogP contribution < -0.4 is 11.1 Å². The Morgan fingerprint density at radius 1 is 1.50 bits per heavy atom. The first-order valence-electron chi connectivity index (χ1n) is 6.58. The molecular weight excluding hydrogens is 342 g/mol. The summed E-state index contributed by atoms with van der Waals surface area (Å²) in [5, 5.41) is 17.0. The molecule has 0 unspecified atom stereocenters. The molecule has 5 nitrogen and oxygen atoms in total. The van der Waals surface area contributed by atoms with Gasteiger partial charge < -0.3 is 16.3 Å². The minimum Gasteiger partial charge on any atom is -0.409 e. The van der Waals surface area contributed by atoms with Gasteiger partial charge in [0.05, 0.1) is 6.54 Å². The minimum absolute atomic E-state index is 0.0297. The molecule has 0 aliphatic heterocycles. The predicted molar refractivity (Wildman–Crippen MR) is 82.8 cm³/mol. The fraction of sp³-hybridized carbons (Fsp3) is 0.538. The lowest BCUT2D eigenvalue weighted by atomic mass is 9.72. The number of carbonyl (C=O) groups is 1. The highest BCUT2D eigenvalue weighted by Gasteiger charge is 2.43. The summed E-state index contributed by atoms with van der Waals surface area (Å²) in [6.07, 6.45) is 4.22. The number of nitrogens with one attached hydrogen (secondary N) is 1. The summed E-state index contributed by atoms with van der Waals surface area (Å²) in [4.78, 5) is 13.6. The molecule has 1 aliphatic rings. The molecular formula is C13H18BrN3O2S. The predicted octanol–water partition coefficient (Wildman–Crippen LogP) is 2.82. The SMILES string of the molecule is NC(=NO)C1(C(=O)NCc2cc(Br)cs2)CCCCC1. The van der Waals surface area contributed by atoms with Gasteiger partial charge in [0, 0.05) is 14.7 Å². The first-order valence-corrected chi connectivity index (χ1v) is 8.25. The van der Waals surface area contributed by atoms with E-state index in [2.05, 4.69) is 26.4 Å². The summed E-state index contributed by atoms with van der Waals surface area (Å²) in [7, 11) is 0. The molecule has 110 valence electrons. The monoisotopic (exact) mass is 359 g/mol. The summed E-state index contributed by atoms with van der Waals surface area (Å²) in [5.74, 6) is -0.112. The van der Waals surface area contributed by atoms with Crippen molar-refractivity contribution >= 4 is 39.0 Å². The van der Waals surface area contributed by atoms with Gasteiger partial charge in [0.2, 0.25) is 5.91 Å². The Morgan fingerprint density at radius 2 is 2.20 bits per heavy atom. The van der Waals surface area contributed by atoms with E-state index in [-0.39, 0.29) is 11.7 Å². The average Bonchev–Trinajstić information content (AvgIpc) is 2.90. The summed E-state index contributed by atoms with van der Waals surface area (Å²) < 4.78 is 1.01. The van der Waals surface area contributed by atoms with E-state index in [1.807, 2.05) is 11.4 Å². The second-order valence-corrected chi connectivity index (χ2v) is 6.95. The van der Waals surface area contributed by atoms with Gasteiger partial charge in [-0.2, -0.15) is 0 Å². The van der Waals surface area contributed by atoms with Gasteiger partial charge in [-0.1, -0.05) is 24.4 Å². The number of carbonyl (C=O) groups excluding carboxylic acids is 1. The molecule has 1 aromatic heterocycles. The molecule has 0 radical (unpaired) electrons. The van der Waals surface area contributed by atoms with E-state index in [0.29, 0.717) is 19.4 Å². The third-order valence-corrected chi connectivity index (χ3v) is 5.48. The third kappa shape index (κ3) is 3.15. The van der Waals surface area contributed by atoms with Gasteiger partial charge in [-0.05, 0) is 34.8 Å². The maximum atomic E-state index is 12.5. The Labute approximate surface area is 130 Å². The van der Waals surface area contributed by atoms with Crippen LogP contribution in [0.5, 0.6) is 0 Å². The van der Waals surface area contributed by atoms with Crippen molar-refractivity contribution in [3.8, 4) is 0 Å². The van der Waals surface area contributed by atoms with Crippen molar-refractivity contribution in [2.75, 3.05) is 0 Å². The number of hydrogen-bond donors (Lipinski definition) is 3. The zero-order valence-electron chi connectivity index (χ0n) is 11.1. The lowest BCUT2D eigenvalue weighted by molar-refractivity contribution is -0.129. The molecule has 20 heavy (non-hydrogen) atoms. The van der Waals surface area contributed by atoms with Gasteiger partial charge in [-0.15, -0.1) is 11.3 Å². The minimum atomic E-state index is -0.846. The van der Waals surface area contributed by atoms with Crippen molar-refractivity contribution in [3.05, 3.63) is 20.8 Å². The van der Waals surface area contributed by atoms with Crippen molar-refractivity contribution in [1.82, 2.24) is 5.32 Å². The van der Waals surface area contributed by atoms with Crippen molar-refractivity contribution in [2.45, 2.75) is 38.6 Å². The smallest absolute Gasteiger partial charge is 0.234 e. The van der Waals surface area contributed by atoms with Crippen molar-refractivity contribution in [3.63, 3.8) is 0 Å². The maximum Gasteiger partial charge on any atom is 0.234 e. The lowest BCUT2D eigenvalue weighted by Crippen LogP contribution is -2.50. The summed E-state index contributed by atoms with van der Waals surface area (Å²) in [6.45, 7) is 0.468. The van der Waals surface area contributed by atoms with Crippen LogP contribution in [0, 0.1) is 5.41 Å². The molecule has 7 heteroatoms. The Bertz CT molecular complexity index is 509. The van der Waals surface area contributed by atoms with Crippen LogP contribution in [0.2, 0.25) is 0 Å². The van der Waals surface area contributed by atoms with Crippen LogP contribution in [0.25, 0.3) is 0 Å². The molecule has 2 rings (SSSR count). The first-order chi connectivity index (χ1) is 9.58.